The molecule has 11 rings (SSSR count). The molecule has 0 saturated heterocycles. The number of rotatable bonds is 6. The minimum absolute atomic E-state index is 0.872. The van der Waals surface area contributed by atoms with E-state index in [1.54, 1.807) is 0 Å². The van der Waals surface area contributed by atoms with Crippen molar-refractivity contribution in [1.82, 2.24) is 0 Å². The summed E-state index contributed by atoms with van der Waals surface area (Å²) in [6.45, 7) is 0. The monoisotopic (exact) mass is 719 g/mol. The van der Waals surface area contributed by atoms with E-state index in [-0.39, 0.29) is 0 Å². The van der Waals surface area contributed by atoms with Gasteiger partial charge < -0.3 is 9.32 Å². The van der Waals surface area contributed by atoms with Gasteiger partial charge in [-0.05, 0) is 98.8 Å². The highest BCUT2D eigenvalue weighted by Gasteiger charge is 2.22. The van der Waals surface area contributed by atoms with Crippen molar-refractivity contribution in [1.29, 1.82) is 0 Å². The van der Waals surface area contributed by atoms with Gasteiger partial charge in [0.1, 0.15) is 11.2 Å². The molecule has 0 saturated carbocycles. The molecule has 0 amide bonds. The van der Waals surface area contributed by atoms with Crippen LogP contribution in [0.15, 0.2) is 205 Å². The van der Waals surface area contributed by atoms with Gasteiger partial charge in [0.15, 0.2) is 0 Å². The first kappa shape index (κ1) is 31.6. The van der Waals surface area contributed by atoms with Gasteiger partial charge in [-0.1, -0.05) is 140 Å². The van der Waals surface area contributed by atoms with Gasteiger partial charge in [0.05, 0.1) is 5.69 Å². The number of thiophene rings is 1. The van der Waals surface area contributed by atoms with E-state index in [0.29, 0.717) is 0 Å². The van der Waals surface area contributed by atoms with Crippen LogP contribution >= 0.6 is 11.3 Å². The third-order valence-electron chi connectivity index (χ3n) is 10.9. The Morgan fingerprint density at radius 1 is 0.382 bits per heavy atom. The molecule has 2 aromatic heterocycles. The average Bonchev–Trinajstić information content (AvgIpc) is 3.83. The van der Waals surface area contributed by atoms with Crippen molar-refractivity contribution >= 4 is 81.3 Å². The van der Waals surface area contributed by atoms with Crippen molar-refractivity contribution in [3.8, 4) is 33.4 Å². The summed E-state index contributed by atoms with van der Waals surface area (Å²) in [7, 11) is 0. The van der Waals surface area contributed by atoms with E-state index in [2.05, 4.69) is 193 Å². The molecular weight excluding hydrogens is 687 g/mol. The Hall–Kier alpha value is -6.94. The van der Waals surface area contributed by atoms with E-state index >= 15 is 0 Å². The van der Waals surface area contributed by atoms with Crippen LogP contribution in [0.2, 0.25) is 0 Å². The second-order valence-electron chi connectivity index (χ2n) is 14.1. The van der Waals surface area contributed by atoms with Crippen LogP contribution in [0.25, 0.3) is 86.3 Å². The van der Waals surface area contributed by atoms with Crippen LogP contribution in [0.3, 0.4) is 0 Å². The Kier molecular flexibility index (Phi) is 7.39. The molecule has 3 heteroatoms. The van der Waals surface area contributed by atoms with Crippen molar-refractivity contribution < 1.29 is 4.42 Å². The van der Waals surface area contributed by atoms with Gasteiger partial charge in [-0.2, -0.15) is 0 Å². The summed E-state index contributed by atoms with van der Waals surface area (Å²) >= 11 is 1.87. The van der Waals surface area contributed by atoms with Crippen molar-refractivity contribution in [3.05, 3.63) is 200 Å². The lowest BCUT2D eigenvalue weighted by Gasteiger charge is -2.27. The Labute approximate surface area is 322 Å². The smallest absolute Gasteiger partial charge is 0.137 e. The van der Waals surface area contributed by atoms with Crippen molar-refractivity contribution in [2.75, 3.05) is 4.90 Å². The second kappa shape index (κ2) is 12.9. The molecule has 0 aliphatic rings. The SMILES string of the molecule is c1ccc(-c2cc3ccccc3cc2-c2ccc(N(c3ccc4c(c3)oc3ccccc34)c3ccc(-c4ccccc4)c4sc5ccccc5c34)cc2)cc1. The van der Waals surface area contributed by atoms with E-state index in [9.17, 15) is 0 Å². The summed E-state index contributed by atoms with van der Waals surface area (Å²) < 4.78 is 9.03. The van der Waals surface area contributed by atoms with Crippen LogP contribution in [0.4, 0.5) is 17.1 Å². The molecule has 0 atom stereocenters. The third-order valence-corrected chi connectivity index (χ3v) is 12.1. The van der Waals surface area contributed by atoms with Crippen LogP contribution in [-0.2, 0) is 0 Å². The molecule has 2 heterocycles. The number of hydrogen-bond acceptors (Lipinski definition) is 3. The largest absolute Gasteiger partial charge is 0.456 e. The van der Waals surface area contributed by atoms with Crippen LogP contribution in [0.5, 0.6) is 0 Å². The fraction of sp³-hybridized carbons (Fsp3) is 0. The fourth-order valence-corrected chi connectivity index (χ4v) is 9.51. The molecule has 55 heavy (non-hydrogen) atoms. The van der Waals surface area contributed by atoms with Crippen molar-refractivity contribution in [3.63, 3.8) is 0 Å². The van der Waals surface area contributed by atoms with Gasteiger partial charge >= 0.3 is 0 Å². The fourth-order valence-electron chi connectivity index (χ4n) is 8.25. The van der Waals surface area contributed by atoms with Gasteiger partial charge in [-0.25, -0.2) is 0 Å². The summed E-state index contributed by atoms with van der Waals surface area (Å²) in [4.78, 5) is 2.41. The number of para-hydroxylation sites is 1. The second-order valence-corrected chi connectivity index (χ2v) is 15.1. The zero-order valence-electron chi connectivity index (χ0n) is 29.8. The minimum atomic E-state index is 0.872. The van der Waals surface area contributed by atoms with Crippen molar-refractivity contribution in [2.45, 2.75) is 0 Å². The molecule has 0 fully saturated rings. The summed E-state index contributed by atoms with van der Waals surface area (Å²) in [5.74, 6) is 0. The summed E-state index contributed by atoms with van der Waals surface area (Å²) in [5.41, 5.74) is 12.3. The molecular formula is C52H33NOS. The molecule has 0 unspecified atom stereocenters. The Morgan fingerprint density at radius 2 is 0.945 bits per heavy atom. The highest BCUT2D eigenvalue weighted by Crippen LogP contribution is 2.49. The first-order valence-electron chi connectivity index (χ1n) is 18.7. The van der Waals surface area contributed by atoms with E-state index in [4.69, 9.17) is 4.42 Å². The molecule has 2 nitrogen and oxygen atoms in total. The van der Waals surface area contributed by atoms with Gasteiger partial charge in [0.2, 0.25) is 0 Å². The van der Waals surface area contributed by atoms with Crippen molar-refractivity contribution in [2.24, 2.45) is 0 Å². The number of fused-ring (bicyclic) bond motifs is 7. The molecule has 0 radical (unpaired) electrons. The summed E-state index contributed by atoms with van der Waals surface area (Å²) in [5, 5.41) is 7.21. The van der Waals surface area contributed by atoms with E-state index in [0.717, 1.165) is 39.0 Å². The average molecular weight is 720 g/mol. The molecule has 0 spiro atoms. The van der Waals surface area contributed by atoms with Gasteiger partial charge in [0, 0.05) is 48.4 Å². The van der Waals surface area contributed by atoms with Gasteiger partial charge in [-0.3, -0.25) is 0 Å². The Bertz CT molecular complexity index is 3190. The number of hydrogen-bond donors (Lipinski definition) is 0. The van der Waals surface area contributed by atoms with E-state index in [1.165, 1.54) is 64.3 Å². The molecule has 258 valence electrons. The molecule has 0 bridgehead atoms. The summed E-state index contributed by atoms with van der Waals surface area (Å²) in [6.07, 6.45) is 0. The maximum Gasteiger partial charge on any atom is 0.137 e. The lowest BCUT2D eigenvalue weighted by atomic mass is 9.91. The minimum Gasteiger partial charge on any atom is -0.456 e. The standard InChI is InChI=1S/C52H33NOS/c1-3-13-34(14-4-1)41-29-30-47(51-44-20-10-12-22-50(44)55-52(41)51)53(40-27-28-43-42-19-9-11-21-48(42)54-49(43)33-40)39-25-23-36(24-26-39)46-32-38-18-8-7-17-37(38)31-45(46)35-15-5-2-6-16-35/h1-33H. The van der Waals surface area contributed by atoms with Crippen LogP contribution in [0.1, 0.15) is 0 Å². The molecule has 11 aromatic rings. The quantitative estimate of drug-likeness (QED) is 0.170. The highest BCUT2D eigenvalue weighted by molar-refractivity contribution is 7.26. The first-order valence-corrected chi connectivity index (χ1v) is 19.5. The van der Waals surface area contributed by atoms with Crippen LogP contribution < -0.4 is 4.90 Å². The lowest BCUT2D eigenvalue weighted by Crippen LogP contribution is -2.10. The predicted octanol–water partition coefficient (Wildman–Crippen LogP) is 15.6. The molecule has 0 aliphatic heterocycles. The zero-order valence-corrected chi connectivity index (χ0v) is 30.6. The number of furan rings is 1. The summed E-state index contributed by atoms with van der Waals surface area (Å²) in [6, 6.07) is 72.2. The van der Waals surface area contributed by atoms with E-state index in [1.807, 2.05) is 23.5 Å². The van der Waals surface area contributed by atoms with E-state index < -0.39 is 0 Å². The van der Waals surface area contributed by atoms with Crippen LogP contribution in [0, 0.1) is 0 Å². The third kappa shape index (κ3) is 5.32. The Balaban J connectivity index is 1.14. The number of nitrogens with zero attached hydrogens (tertiary/aromatic N) is 1. The topological polar surface area (TPSA) is 16.4 Å². The van der Waals surface area contributed by atoms with Crippen LogP contribution in [-0.4, -0.2) is 0 Å². The van der Waals surface area contributed by atoms with Gasteiger partial charge in [0.25, 0.3) is 0 Å². The normalized spacial score (nSPS) is 11.6. The number of benzene rings is 9. The van der Waals surface area contributed by atoms with Gasteiger partial charge in [-0.15, -0.1) is 11.3 Å². The molecule has 0 aliphatic carbocycles. The first-order chi connectivity index (χ1) is 27.3. The predicted molar refractivity (Wildman–Crippen MR) is 235 cm³/mol. The molecule has 9 aromatic carbocycles. The Morgan fingerprint density at radius 3 is 1.67 bits per heavy atom. The zero-order chi connectivity index (χ0) is 36.3. The highest BCUT2D eigenvalue weighted by atomic mass is 32.1. The lowest BCUT2D eigenvalue weighted by molar-refractivity contribution is 0.669. The molecule has 0 N–H and O–H groups in total. The maximum atomic E-state index is 6.48. The maximum absolute atomic E-state index is 6.48. The number of anilines is 3.